The number of phosphoric acid groups is 3. The van der Waals surface area contributed by atoms with Crippen LogP contribution in [0.4, 0.5) is 11.9 Å². The summed E-state index contributed by atoms with van der Waals surface area (Å²) in [6.45, 7) is -2.21. The van der Waals surface area contributed by atoms with Gasteiger partial charge in [0.25, 0.3) is 17.1 Å². The molecule has 14 N–H and O–H groups in total. The Bertz CT molecular complexity index is 2400. The fourth-order valence-electron chi connectivity index (χ4n) is 5.55. The molecule has 0 aromatic carbocycles. The number of ether oxygens (including phenoxy) is 2. The summed E-state index contributed by atoms with van der Waals surface area (Å²) in [4.78, 5) is 69.5. The number of hydrogen-bond donors (Lipinski definition) is 12. The van der Waals surface area contributed by atoms with Gasteiger partial charge >= 0.3 is 29.1 Å². The molecule has 0 bridgehead atoms. The number of aromatic amines is 3. The highest BCUT2D eigenvalue weighted by molar-refractivity contribution is 7.71. The number of aromatic nitrogens is 8. The number of nitrogens with one attached hydrogen (secondary N) is 3. The number of nitrogen functional groups attached to an aromatic ring is 2. The topological polar surface area (TPSA) is 421 Å². The minimum atomic E-state index is -6.02. The van der Waals surface area contributed by atoms with Gasteiger partial charge in [0.15, 0.2) is 28.5 Å². The molecule has 0 amide bonds. The van der Waals surface area contributed by atoms with Crippen molar-refractivity contribution in [3.05, 3.63) is 31.8 Å². The summed E-state index contributed by atoms with van der Waals surface area (Å²) >= 11 is 5.15. The van der Waals surface area contributed by atoms with E-state index in [1.54, 1.807) is 0 Å². The number of aliphatic hydroxyl groups excluding tert-OH is 4. The van der Waals surface area contributed by atoms with Crippen molar-refractivity contribution < 1.29 is 80.5 Å². The Hall–Kier alpha value is -3.31. The summed E-state index contributed by atoms with van der Waals surface area (Å²) in [6.07, 6.45) is -12.3. The molecule has 4 aromatic rings. The highest BCUT2D eigenvalue weighted by atomic mass is 32.1. The van der Waals surface area contributed by atoms with Gasteiger partial charge in [-0.25, -0.2) is 18.3 Å². The van der Waals surface area contributed by atoms with E-state index in [1.165, 1.54) is 17.9 Å². The third-order valence-corrected chi connectivity index (χ3v) is 12.4. The maximum atomic E-state index is 12.5. The van der Waals surface area contributed by atoms with E-state index in [2.05, 4.69) is 42.6 Å². The van der Waals surface area contributed by atoms with Gasteiger partial charge in [0.1, 0.15) is 36.6 Å². The van der Waals surface area contributed by atoms with E-state index in [4.69, 9.17) is 33.2 Å². The van der Waals surface area contributed by atoms with Crippen LogP contribution in [0, 0.1) is 4.77 Å². The first kappa shape index (κ1) is 39.4. The van der Waals surface area contributed by atoms with Crippen molar-refractivity contribution in [2.75, 3.05) is 24.7 Å². The highest BCUT2D eigenvalue weighted by Crippen LogP contribution is 2.67. The fraction of sp³-hybridized carbons (Fsp3) is 0.524. The minimum Gasteiger partial charge on any atom is -0.387 e. The zero-order valence-corrected chi connectivity index (χ0v) is 29.9. The summed E-state index contributed by atoms with van der Waals surface area (Å²) in [5.41, 5.74) is 9.40. The summed E-state index contributed by atoms with van der Waals surface area (Å²) in [6, 6.07) is 0. The van der Waals surface area contributed by atoms with Gasteiger partial charge in [0.2, 0.25) is 17.7 Å². The van der Waals surface area contributed by atoms with E-state index >= 15 is 0 Å². The number of hydrogen-bond acceptors (Lipinski definition) is 20. The van der Waals surface area contributed by atoms with Crippen molar-refractivity contribution in [2.24, 2.45) is 7.05 Å². The van der Waals surface area contributed by atoms with Crippen molar-refractivity contribution in [2.45, 2.75) is 49.1 Å². The van der Waals surface area contributed by atoms with E-state index in [9.17, 15) is 58.4 Å². The minimum absolute atomic E-state index is 0.00726. The molecule has 2 saturated heterocycles. The number of rotatable bonds is 12. The van der Waals surface area contributed by atoms with E-state index in [1.807, 2.05) is 0 Å². The van der Waals surface area contributed by atoms with Crippen molar-refractivity contribution in [3.63, 3.8) is 0 Å². The van der Waals surface area contributed by atoms with Crippen molar-refractivity contribution in [1.82, 2.24) is 34.1 Å². The van der Waals surface area contributed by atoms with E-state index in [0.717, 1.165) is 9.13 Å². The van der Waals surface area contributed by atoms with Crippen molar-refractivity contribution >= 4 is 69.9 Å². The van der Waals surface area contributed by atoms with Crippen LogP contribution in [-0.4, -0.2) is 119 Å². The van der Waals surface area contributed by atoms with E-state index in [-0.39, 0.29) is 39.0 Å². The molecule has 11 atom stereocenters. The monoisotopic (exact) mass is 835 g/mol. The summed E-state index contributed by atoms with van der Waals surface area (Å²) in [5.74, 6) is -0.614. The number of imidazole rings is 2. The third-order valence-electron chi connectivity index (χ3n) is 7.81. The number of phosphoric ester groups is 2. The second-order valence-corrected chi connectivity index (χ2v) is 16.5. The van der Waals surface area contributed by atoms with Gasteiger partial charge in [-0.05, 0) is 12.2 Å². The van der Waals surface area contributed by atoms with Crippen LogP contribution >= 0.6 is 35.7 Å². The lowest BCUT2D eigenvalue weighted by Crippen LogP contribution is -2.46. The number of H-pyrrole nitrogens is 3. The Labute approximate surface area is 296 Å². The van der Waals surface area contributed by atoms with Gasteiger partial charge in [-0.2, -0.15) is 13.6 Å². The van der Waals surface area contributed by atoms with Crippen molar-refractivity contribution in [3.8, 4) is 0 Å². The van der Waals surface area contributed by atoms with Gasteiger partial charge in [-0.1, -0.05) is 4.98 Å². The van der Waals surface area contributed by atoms with Crippen LogP contribution in [0.15, 0.2) is 15.9 Å². The molecule has 2 aliphatic rings. The lowest BCUT2D eigenvalue weighted by Gasteiger charge is -2.21. The maximum absolute atomic E-state index is 12.5. The smallest absolute Gasteiger partial charge is 0.387 e. The molecule has 2 fully saturated rings. The second-order valence-electron chi connectivity index (χ2n) is 11.5. The lowest BCUT2D eigenvalue weighted by molar-refractivity contribution is -0.745. The average molecular weight is 836 g/mol. The molecular weight excluding hydrogens is 805 g/mol. The van der Waals surface area contributed by atoms with Gasteiger partial charge in [0, 0.05) is 0 Å². The SMILES string of the molecule is Cn1c[n+]([C@@H]2O[C@H](COP(=O)(O)OP(=O)(O)OP(=O)(O)OC[C@H]3O[C@@H](n4c(=S)[nH]c5c(=O)[nH]c(N)nc54)[C@@H](O)C3O)C(O)[C@@H]2O)c2nc(N)[nH]c(=O)c21. The lowest BCUT2D eigenvalue weighted by atomic mass is 10.1. The van der Waals surface area contributed by atoms with Gasteiger partial charge < -0.3 is 61.0 Å². The molecule has 0 saturated carbocycles. The van der Waals surface area contributed by atoms with Gasteiger partial charge in [-0.3, -0.25) is 37.7 Å². The van der Waals surface area contributed by atoms with Gasteiger partial charge in [0.05, 0.1) is 20.3 Å². The first-order chi connectivity index (χ1) is 24.6. The van der Waals surface area contributed by atoms with Crippen LogP contribution in [0.5, 0.6) is 0 Å². The standard InChI is InChI=1S/C21H29N10O18P3S/c1-29-4-30(14-8(29)16(37)28-20(23)26-14)17-11(34)9(32)5(46-17)2-44-50(38,39)48-52(42,43)49-51(40,41)45-3-6-10(33)12(35)18(47-6)31-13-7(24-21(31)53)15(36)27-19(22)25-13/h4-6,9-12,17-18,32-35H,2-3H2,1H3,(H9-,22,23,24,25,26,27,28,36,37,38,39,40,41,42,43,53)/p+1/t5-,6-,9?,10?,11+,12+,17-,18-/m1/s1. The zero-order chi connectivity index (χ0) is 38.9. The number of fused-ring (bicyclic) bond motifs is 2. The summed E-state index contributed by atoms with van der Waals surface area (Å²) < 4.78 is 69.0. The molecule has 2 aliphatic heterocycles. The molecule has 28 nitrogen and oxygen atoms in total. The average Bonchev–Trinajstić information content (AvgIpc) is 3.71. The summed E-state index contributed by atoms with van der Waals surface area (Å²) in [7, 11) is -16.0. The van der Waals surface area contributed by atoms with Crippen LogP contribution in [0.1, 0.15) is 12.5 Å². The summed E-state index contributed by atoms with van der Waals surface area (Å²) in [5, 5.41) is 42.2. The molecule has 0 spiro atoms. The van der Waals surface area contributed by atoms with Crippen molar-refractivity contribution in [1.29, 1.82) is 0 Å². The molecule has 4 aromatic heterocycles. The zero-order valence-electron chi connectivity index (χ0n) is 26.4. The Morgan fingerprint density at radius 1 is 0.849 bits per heavy atom. The van der Waals surface area contributed by atoms with E-state index < -0.39 is 96.9 Å². The number of aliphatic hydroxyl groups is 4. The third kappa shape index (κ3) is 7.80. The van der Waals surface area contributed by atoms with Gasteiger partial charge in [-0.15, -0.1) is 0 Å². The number of aryl methyl sites for hydroxylation is 1. The quantitative estimate of drug-likeness (QED) is 0.0369. The Morgan fingerprint density at radius 3 is 2.02 bits per heavy atom. The van der Waals surface area contributed by atoms with E-state index in [0.29, 0.717) is 0 Å². The molecule has 6 heterocycles. The Balaban J connectivity index is 1.06. The molecule has 0 aliphatic carbocycles. The predicted octanol–water partition coefficient (Wildman–Crippen LogP) is -3.88. The van der Waals surface area contributed by atoms with Crippen LogP contribution in [0.2, 0.25) is 0 Å². The number of nitrogens with two attached hydrogens (primary N) is 2. The van der Waals surface area contributed by atoms with Crippen LogP contribution in [0.25, 0.3) is 22.3 Å². The Morgan fingerprint density at radius 2 is 1.40 bits per heavy atom. The molecule has 292 valence electrons. The fourth-order valence-corrected chi connectivity index (χ4v) is 9.37. The largest absolute Gasteiger partial charge is 0.490 e. The number of nitrogens with zero attached hydrogens (tertiary/aromatic N) is 5. The Kier molecular flexibility index (Phi) is 10.5. The number of anilines is 2. The molecule has 32 heteroatoms. The van der Waals surface area contributed by atoms with Crippen LogP contribution in [-0.2, 0) is 47.9 Å². The molecule has 53 heavy (non-hydrogen) atoms. The first-order valence-corrected chi connectivity index (χ1v) is 19.5. The molecule has 6 rings (SSSR count). The highest BCUT2D eigenvalue weighted by Gasteiger charge is 2.50. The molecule has 5 unspecified atom stereocenters. The van der Waals surface area contributed by atoms with Crippen LogP contribution < -0.4 is 27.2 Å². The molecular formula is C21H30N10O18P3S+. The normalized spacial score (nSPS) is 29.7. The first-order valence-electron chi connectivity index (χ1n) is 14.6. The molecule has 0 radical (unpaired) electrons. The second kappa shape index (κ2) is 14.1. The maximum Gasteiger partial charge on any atom is 0.490 e. The van der Waals surface area contributed by atoms with Crippen LogP contribution in [0.3, 0.4) is 0 Å². The predicted molar refractivity (Wildman–Crippen MR) is 171 cm³/mol.